The number of carboxylic acids is 2. The van der Waals surface area contributed by atoms with Crippen LogP contribution in [0.25, 0.3) is 11.0 Å². The Morgan fingerprint density at radius 2 is 1.88 bits per heavy atom. The highest BCUT2D eigenvalue weighted by molar-refractivity contribution is 6.30. The standard InChI is InChI=1S/C20H20ClN5O.C2H2O4/c1-2-3-11-27-26-19-13-16(7-8-18(19)23-24-26)20(25-10-9-22-14-25)15-5-4-6-17(21)12-15;3-1(4)2(5)6/h4-10,12-14,20H,2-3,11H2,1H3;(H,3,4)(H,5,6). The summed E-state index contributed by atoms with van der Waals surface area (Å²) in [5.74, 6) is -3.65. The largest absolute Gasteiger partial charge is 0.473 e. The van der Waals surface area contributed by atoms with E-state index < -0.39 is 11.9 Å². The number of unbranched alkanes of at least 4 members (excludes halogenated alkanes) is 1. The molecule has 2 aromatic carbocycles. The zero-order valence-corrected chi connectivity index (χ0v) is 18.5. The van der Waals surface area contributed by atoms with E-state index in [1.54, 1.807) is 6.20 Å². The van der Waals surface area contributed by atoms with Gasteiger partial charge in [0.15, 0.2) is 0 Å². The van der Waals surface area contributed by atoms with E-state index in [0.29, 0.717) is 11.6 Å². The Morgan fingerprint density at radius 1 is 1.12 bits per heavy atom. The van der Waals surface area contributed by atoms with Gasteiger partial charge in [0.1, 0.15) is 17.6 Å². The molecule has 0 spiro atoms. The minimum Gasteiger partial charge on any atom is -0.473 e. The molecule has 0 aliphatic heterocycles. The van der Waals surface area contributed by atoms with E-state index in [2.05, 4.69) is 45.0 Å². The topological polar surface area (TPSA) is 132 Å². The van der Waals surface area contributed by atoms with Crippen molar-refractivity contribution in [1.82, 2.24) is 24.7 Å². The van der Waals surface area contributed by atoms with Gasteiger partial charge in [0.25, 0.3) is 0 Å². The maximum absolute atomic E-state index is 9.10. The highest BCUT2D eigenvalue weighted by Crippen LogP contribution is 2.30. The second-order valence-corrected chi connectivity index (χ2v) is 7.41. The number of hydrogen-bond acceptors (Lipinski definition) is 6. The number of hydrogen-bond donors (Lipinski definition) is 2. The fourth-order valence-electron chi connectivity index (χ4n) is 3.11. The second-order valence-electron chi connectivity index (χ2n) is 6.98. The van der Waals surface area contributed by atoms with Crippen LogP contribution in [0.1, 0.15) is 36.9 Å². The number of aliphatic carboxylic acids is 2. The highest BCUT2D eigenvalue weighted by Gasteiger charge is 2.18. The van der Waals surface area contributed by atoms with Crippen molar-refractivity contribution in [2.75, 3.05) is 6.61 Å². The van der Waals surface area contributed by atoms with Crippen LogP contribution in [0.2, 0.25) is 5.02 Å². The number of carboxylic acid groups (broad SMARTS) is 2. The molecule has 10 nitrogen and oxygen atoms in total. The molecule has 2 N–H and O–H groups in total. The third kappa shape index (κ3) is 6.07. The average molecular weight is 472 g/mol. The van der Waals surface area contributed by atoms with Gasteiger partial charge >= 0.3 is 11.9 Å². The lowest BCUT2D eigenvalue weighted by molar-refractivity contribution is -0.159. The lowest BCUT2D eigenvalue weighted by Crippen LogP contribution is -2.15. The summed E-state index contributed by atoms with van der Waals surface area (Å²) in [6, 6.07) is 13.9. The maximum atomic E-state index is 9.10. The molecule has 0 amide bonds. The molecule has 0 radical (unpaired) electrons. The summed E-state index contributed by atoms with van der Waals surface area (Å²) in [5, 5.41) is 23.8. The molecule has 0 saturated carbocycles. The second kappa shape index (κ2) is 11.1. The number of fused-ring (bicyclic) bond motifs is 1. The minimum absolute atomic E-state index is 0.0606. The minimum atomic E-state index is -1.82. The molecule has 2 heterocycles. The fraction of sp³-hybridized carbons (Fsp3) is 0.227. The molecular weight excluding hydrogens is 450 g/mol. The van der Waals surface area contributed by atoms with Gasteiger partial charge in [-0.05, 0) is 47.0 Å². The summed E-state index contributed by atoms with van der Waals surface area (Å²) >= 11 is 6.24. The van der Waals surface area contributed by atoms with E-state index in [0.717, 1.165) is 35.0 Å². The van der Waals surface area contributed by atoms with Crippen LogP contribution in [0.3, 0.4) is 0 Å². The average Bonchev–Trinajstić information content (AvgIpc) is 3.45. The Balaban J connectivity index is 0.000000454. The Hall–Kier alpha value is -3.92. The Kier molecular flexibility index (Phi) is 7.98. The van der Waals surface area contributed by atoms with Crippen LogP contribution in [0.4, 0.5) is 0 Å². The van der Waals surface area contributed by atoms with Crippen LogP contribution in [-0.2, 0) is 9.59 Å². The van der Waals surface area contributed by atoms with Crippen molar-refractivity contribution in [3.63, 3.8) is 0 Å². The monoisotopic (exact) mass is 471 g/mol. The van der Waals surface area contributed by atoms with Crippen molar-refractivity contribution in [2.45, 2.75) is 25.8 Å². The Labute approximate surface area is 194 Å². The van der Waals surface area contributed by atoms with Gasteiger partial charge in [-0.25, -0.2) is 14.6 Å². The van der Waals surface area contributed by atoms with Crippen LogP contribution in [-0.4, -0.2) is 53.5 Å². The summed E-state index contributed by atoms with van der Waals surface area (Å²) in [6.07, 6.45) is 7.57. The molecule has 0 fully saturated rings. The van der Waals surface area contributed by atoms with E-state index in [1.807, 2.05) is 36.8 Å². The first-order chi connectivity index (χ1) is 15.9. The summed E-state index contributed by atoms with van der Waals surface area (Å²) in [5.41, 5.74) is 3.79. The Bertz CT molecular complexity index is 1210. The molecule has 1 unspecified atom stereocenters. The molecule has 0 aliphatic rings. The summed E-state index contributed by atoms with van der Waals surface area (Å²) in [6.45, 7) is 2.74. The van der Waals surface area contributed by atoms with Gasteiger partial charge in [-0.3, -0.25) is 0 Å². The van der Waals surface area contributed by atoms with Crippen molar-refractivity contribution >= 4 is 34.6 Å². The van der Waals surface area contributed by atoms with E-state index in [9.17, 15) is 0 Å². The van der Waals surface area contributed by atoms with Crippen molar-refractivity contribution < 1.29 is 24.6 Å². The van der Waals surface area contributed by atoms with Crippen LogP contribution in [0.5, 0.6) is 0 Å². The zero-order chi connectivity index (χ0) is 23.8. The van der Waals surface area contributed by atoms with Gasteiger partial charge in [0, 0.05) is 17.4 Å². The van der Waals surface area contributed by atoms with Gasteiger partial charge in [0.2, 0.25) is 0 Å². The van der Waals surface area contributed by atoms with Crippen LogP contribution in [0, 0.1) is 0 Å². The maximum Gasteiger partial charge on any atom is 0.414 e. The smallest absolute Gasteiger partial charge is 0.414 e. The SMILES string of the molecule is CCCCOn1nnc2ccc(C(c3cccc(Cl)c3)n3ccnc3)cc21.O=C(O)C(=O)O. The molecular formula is C22H22ClN5O5. The van der Waals surface area contributed by atoms with Gasteiger partial charge in [0.05, 0.1) is 12.4 Å². The van der Waals surface area contributed by atoms with Crippen molar-refractivity contribution in [3.8, 4) is 0 Å². The van der Waals surface area contributed by atoms with Gasteiger partial charge in [-0.1, -0.05) is 48.0 Å². The van der Waals surface area contributed by atoms with E-state index >= 15 is 0 Å². The predicted octanol–water partition coefficient (Wildman–Crippen LogP) is 3.30. The third-order valence-electron chi connectivity index (χ3n) is 4.64. The Morgan fingerprint density at radius 3 is 2.52 bits per heavy atom. The van der Waals surface area contributed by atoms with Crippen molar-refractivity contribution in [3.05, 3.63) is 77.3 Å². The van der Waals surface area contributed by atoms with E-state index in [1.165, 1.54) is 4.85 Å². The number of aromatic nitrogens is 5. The van der Waals surface area contributed by atoms with Crippen LogP contribution < -0.4 is 4.84 Å². The number of carbonyl (C=O) groups is 2. The molecule has 4 aromatic rings. The summed E-state index contributed by atoms with van der Waals surface area (Å²) < 4.78 is 2.05. The van der Waals surface area contributed by atoms with Crippen LogP contribution >= 0.6 is 11.6 Å². The van der Waals surface area contributed by atoms with Crippen molar-refractivity contribution in [2.24, 2.45) is 0 Å². The number of benzene rings is 2. The molecule has 0 bridgehead atoms. The molecule has 0 saturated heterocycles. The van der Waals surface area contributed by atoms with E-state index in [-0.39, 0.29) is 6.04 Å². The first kappa shape index (κ1) is 23.7. The fourth-order valence-corrected chi connectivity index (χ4v) is 3.31. The predicted molar refractivity (Wildman–Crippen MR) is 120 cm³/mol. The molecule has 172 valence electrons. The van der Waals surface area contributed by atoms with Gasteiger partial charge < -0.3 is 19.6 Å². The van der Waals surface area contributed by atoms with Gasteiger partial charge in [-0.15, -0.1) is 5.10 Å². The lowest BCUT2D eigenvalue weighted by Gasteiger charge is -2.20. The molecule has 1 atom stereocenters. The highest BCUT2D eigenvalue weighted by atomic mass is 35.5. The first-order valence-electron chi connectivity index (χ1n) is 10.1. The number of halogens is 1. The number of rotatable bonds is 7. The molecule has 4 rings (SSSR count). The summed E-state index contributed by atoms with van der Waals surface area (Å²) in [7, 11) is 0. The third-order valence-corrected chi connectivity index (χ3v) is 4.87. The van der Waals surface area contributed by atoms with Gasteiger partial charge in [-0.2, -0.15) is 0 Å². The number of nitrogens with zero attached hydrogens (tertiary/aromatic N) is 5. The molecule has 33 heavy (non-hydrogen) atoms. The number of imidazole rings is 1. The van der Waals surface area contributed by atoms with E-state index in [4.69, 9.17) is 36.2 Å². The lowest BCUT2D eigenvalue weighted by atomic mass is 9.98. The van der Waals surface area contributed by atoms with Crippen molar-refractivity contribution in [1.29, 1.82) is 0 Å². The quantitative estimate of drug-likeness (QED) is 0.310. The van der Waals surface area contributed by atoms with Crippen LogP contribution in [0.15, 0.2) is 61.2 Å². The first-order valence-corrected chi connectivity index (χ1v) is 10.5. The molecule has 0 aliphatic carbocycles. The molecule has 2 aromatic heterocycles. The molecule has 11 heteroatoms. The normalized spacial score (nSPS) is 11.5. The zero-order valence-electron chi connectivity index (χ0n) is 17.7. The summed E-state index contributed by atoms with van der Waals surface area (Å²) in [4.78, 5) is 29.7.